The lowest BCUT2D eigenvalue weighted by Crippen LogP contribution is -1.98. The van der Waals surface area contributed by atoms with Gasteiger partial charge in [0.2, 0.25) is 11.6 Å². The van der Waals surface area contributed by atoms with Gasteiger partial charge in [0.1, 0.15) is 4.60 Å². The van der Waals surface area contributed by atoms with Gasteiger partial charge in [0.15, 0.2) is 5.75 Å². The average Bonchev–Trinajstić information content (AvgIpc) is 3.04. The summed E-state index contributed by atoms with van der Waals surface area (Å²) in [6.07, 6.45) is 0. The number of pyridine rings is 1. The molecule has 0 amide bonds. The molecule has 9 nitrogen and oxygen atoms in total. The van der Waals surface area contributed by atoms with Crippen LogP contribution in [0.1, 0.15) is 16.8 Å². The maximum Gasteiger partial charge on any atom is 0.315 e. The molecule has 3 aromatic rings. The molecule has 0 radical (unpaired) electrons. The summed E-state index contributed by atoms with van der Waals surface area (Å²) in [4.78, 5) is 18.8. The third-order valence-corrected chi connectivity index (χ3v) is 4.69. The topological polar surface area (TPSA) is 135 Å². The summed E-state index contributed by atoms with van der Waals surface area (Å²) in [6, 6.07) is 2.16. The Balaban J connectivity index is 2.13. The van der Waals surface area contributed by atoms with Crippen LogP contribution >= 0.6 is 15.9 Å². The van der Waals surface area contributed by atoms with Crippen LogP contribution in [0.3, 0.4) is 0 Å². The van der Waals surface area contributed by atoms with Crippen molar-refractivity contribution in [3.05, 3.63) is 43.7 Å². The molecular formula is C16H13BrN4O5. The zero-order chi connectivity index (χ0) is 19.2. The van der Waals surface area contributed by atoms with E-state index in [1.807, 2.05) is 20.8 Å². The second-order valence-electron chi connectivity index (χ2n) is 5.66. The quantitative estimate of drug-likeness (QED) is 0.282. The van der Waals surface area contributed by atoms with E-state index in [-0.39, 0.29) is 17.3 Å². The second kappa shape index (κ2) is 6.37. The molecule has 0 bridgehead atoms. The summed E-state index contributed by atoms with van der Waals surface area (Å²) in [5.74, 6) is -1.27. The van der Waals surface area contributed by atoms with Crippen LogP contribution in [-0.2, 0) is 0 Å². The summed E-state index contributed by atoms with van der Waals surface area (Å²) in [7, 11) is 0. The number of halogens is 1. The highest BCUT2D eigenvalue weighted by atomic mass is 79.9. The van der Waals surface area contributed by atoms with E-state index in [4.69, 9.17) is 4.52 Å². The molecule has 1 aromatic carbocycles. The summed E-state index contributed by atoms with van der Waals surface area (Å²) < 4.78 is 5.74. The van der Waals surface area contributed by atoms with Crippen LogP contribution in [0.5, 0.6) is 11.5 Å². The largest absolute Gasteiger partial charge is 0.504 e. The van der Waals surface area contributed by atoms with Crippen molar-refractivity contribution in [3.63, 3.8) is 0 Å². The van der Waals surface area contributed by atoms with Gasteiger partial charge in [0, 0.05) is 11.8 Å². The van der Waals surface area contributed by atoms with Crippen molar-refractivity contribution in [2.45, 2.75) is 20.8 Å². The fourth-order valence-corrected chi connectivity index (χ4v) is 3.21. The van der Waals surface area contributed by atoms with Gasteiger partial charge in [0.05, 0.1) is 16.1 Å². The van der Waals surface area contributed by atoms with E-state index in [0.717, 1.165) is 29.0 Å². The molecule has 2 N–H and O–H groups in total. The Bertz CT molecular complexity index is 1050. The van der Waals surface area contributed by atoms with Crippen molar-refractivity contribution >= 4 is 21.6 Å². The second-order valence-corrected chi connectivity index (χ2v) is 6.41. The first-order valence-electron chi connectivity index (χ1n) is 7.38. The summed E-state index contributed by atoms with van der Waals surface area (Å²) in [5, 5.41) is 34.2. The Morgan fingerprint density at radius 1 is 1.15 bits per heavy atom. The van der Waals surface area contributed by atoms with Gasteiger partial charge in [-0.2, -0.15) is 4.98 Å². The number of hydrogen-bond acceptors (Lipinski definition) is 8. The van der Waals surface area contributed by atoms with Crippen LogP contribution in [0, 0.1) is 30.9 Å². The van der Waals surface area contributed by atoms with E-state index in [2.05, 4.69) is 31.1 Å². The molecule has 3 rings (SSSR count). The first kappa shape index (κ1) is 17.8. The zero-order valence-corrected chi connectivity index (χ0v) is 15.5. The van der Waals surface area contributed by atoms with Crippen molar-refractivity contribution in [2.24, 2.45) is 0 Å². The number of phenols is 2. The van der Waals surface area contributed by atoms with Gasteiger partial charge >= 0.3 is 5.69 Å². The van der Waals surface area contributed by atoms with Crippen molar-refractivity contribution < 1.29 is 19.7 Å². The molecule has 134 valence electrons. The lowest BCUT2D eigenvalue weighted by Gasteiger charge is -2.09. The number of nitro benzene ring substituents is 1. The monoisotopic (exact) mass is 420 g/mol. The Morgan fingerprint density at radius 2 is 1.85 bits per heavy atom. The molecule has 0 aliphatic rings. The van der Waals surface area contributed by atoms with E-state index in [0.29, 0.717) is 10.2 Å². The Hall–Kier alpha value is -3.01. The number of phenolic OH excluding ortho intramolecular Hbond substituents is 2. The summed E-state index contributed by atoms with van der Waals surface area (Å²) in [5.41, 5.74) is 2.84. The number of aromatic nitrogens is 3. The molecule has 0 aliphatic carbocycles. The first-order chi connectivity index (χ1) is 12.2. The maximum absolute atomic E-state index is 11.0. The lowest BCUT2D eigenvalue weighted by molar-refractivity contribution is -0.385. The fraction of sp³-hybridized carbons (Fsp3) is 0.188. The summed E-state index contributed by atoms with van der Waals surface area (Å²) >= 11 is 3.39. The number of hydrogen-bond donors (Lipinski definition) is 2. The average molecular weight is 421 g/mol. The van der Waals surface area contributed by atoms with Gasteiger partial charge in [-0.3, -0.25) is 10.1 Å². The van der Waals surface area contributed by atoms with Gasteiger partial charge in [-0.1, -0.05) is 5.16 Å². The van der Waals surface area contributed by atoms with Crippen molar-refractivity contribution in [1.29, 1.82) is 0 Å². The van der Waals surface area contributed by atoms with Gasteiger partial charge in [-0.05, 0) is 53.9 Å². The van der Waals surface area contributed by atoms with E-state index >= 15 is 0 Å². The van der Waals surface area contributed by atoms with Gasteiger partial charge in [-0.25, -0.2) is 4.98 Å². The number of nitro groups is 1. The number of nitrogens with zero attached hydrogens (tertiary/aromatic N) is 4. The highest BCUT2D eigenvalue weighted by molar-refractivity contribution is 9.10. The van der Waals surface area contributed by atoms with Crippen LogP contribution in [-0.4, -0.2) is 30.3 Å². The number of benzene rings is 1. The van der Waals surface area contributed by atoms with E-state index in [9.17, 15) is 20.3 Å². The van der Waals surface area contributed by atoms with E-state index < -0.39 is 22.1 Å². The van der Waals surface area contributed by atoms with Crippen molar-refractivity contribution in [2.75, 3.05) is 0 Å². The van der Waals surface area contributed by atoms with Gasteiger partial charge in [0.25, 0.3) is 5.89 Å². The molecule has 0 saturated carbocycles. The molecule has 0 aliphatic heterocycles. The van der Waals surface area contributed by atoms with Gasteiger partial charge in [-0.15, -0.1) is 0 Å². The van der Waals surface area contributed by atoms with E-state index in [1.165, 1.54) is 0 Å². The molecule has 0 spiro atoms. The predicted octanol–water partition coefficient (Wildman–Crippen LogP) is 3.81. The van der Waals surface area contributed by atoms with Crippen molar-refractivity contribution in [3.8, 4) is 34.3 Å². The number of aryl methyl sites for hydroxylation is 1. The minimum Gasteiger partial charge on any atom is -0.504 e. The normalized spacial score (nSPS) is 10.9. The van der Waals surface area contributed by atoms with Crippen LogP contribution in [0.2, 0.25) is 0 Å². The SMILES string of the molecule is Cc1nc(Br)c(-c2noc(-c3cc(O)c(O)c([N+](=O)[O-])c3)n2)c(C)c1C. The predicted molar refractivity (Wildman–Crippen MR) is 94.9 cm³/mol. The minimum atomic E-state index is -0.824. The molecule has 2 aromatic heterocycles. The van der Waals surface area contributed by atoms with Gasteiger partial charge < -0.3 is 14.7 Å². The molecule has 0 atom stereocenters. The fourth-order valence-electron chi connectivity index (χ4n) is 2.47. The van der Waals surface area contributed by atoms with Crippen LogP contribution in [0.25, 0.3) is 22.8 Å². The molecule has 10 heteroatoms. The van der Waals surface area contributed by atoms with Crippen LogP contribution in [0.4, 0.5) is 5.69 Å². The lowest BCUT2D eigenvalue weighted by atomic mass is 10.0. The molecular weight excluding hydrogens is 408 g/mol. The molecule has 0 saturated heterocycles. The minimum absolute atomic E-state index is 0.0390. The van der Waals surface area contributed by atoms with E-state index in [1.54, 1.807) is 0 Å². The number of rotatable bonds is 3. The highest BCUT2D eigenvalue weighted by Crippen LogP contribution is 2.39. The number of aromatic hydroxyl groups is 2. The Morgan fingerprint density at radius 3 is 2.50 bits per heavy atom. The maximum atomic E-state index is 11.0. The third-order valence-electron chi connectivity index (χ3n) is 4.12. The Kier molecular flexibility index (Phi) is 4.36. The third kappa shape index (κ3) is 2.88. The summed E-state index contributed by atoms with van der Waals surface area (Å²) in [6.45, 7) is 5.71. The zero-order valence-electron chi connectivity index (χ0n) is 13.9. The standard InChI is InChI=1S/C16H13BrN4O5/c1-6-7(2)12(14(17)18-8(6)3)15-19-16(26-20-15)9-4-10(21(24)25)13(23)11(22)5-9/h4-5,22-23H,1-3H3. The highest BCUT2D eigenvalue weighted by Gasteiger charge is 2.23. The smallest absolute Gasteiger partial charge is 0.315 e. The molecule has 0 unspecified atom stereocenters. The first-order valence-corrected chi connectivity index (χ1v) is 8.18. The Labute approximate surface area is 155 Å². The molecule has 26 heavy (non-hydrogen) atoms. The molecule has 0 fully saturated rings. The van der Waals surface area contributed by atoms with Crippen LogP contribution in [0.15, 0.2) is 21.3 Å². The molecule has 2 heterocycles. The van der Waals surface area contributed by atoms with Crippen molar-refractivity contribution in [1.82, 2.24) is 15.1 Å². The van der Waals surface area contributed by atoms with Crippen LogP contribution < -0.4 is 0 Å².